The molecule has 0 aromatic heterocycles. The highest BCUT2D eigenvalue weighted by Crippen LogP contribution is 2.41. The van der Waals surface area contributed by atoms with Crippen LogP contribution in [-0.2, 0) is 6.42 Å². The molecule has 3 atom stereocenters. The fraction of sp³-hybridized carbons (Fsp3) is 0.303. The summed E-state index contributed by atoms with van der Waals surface area (Å²) in [5.74, 6) is -0.291. The van der Waals surface area contributed by atoms with Gasteiger partial charge in [-0.1, -0.05) is 66.7 Å². The van der Waals surface area contributed by atoms with Crippen LogP contribution in [0.2, 0.25) is 0 Å². The molecule has 0 spiro atoms. The van der Waals surface area contributed by atoms with Gasteiger partial charge in [-0.3, -0.25) is 0 Å². The van der Waals surface area contributed by atoms with E-state index in [-0.39, 0.29) is 30.2 Å². The summed E-state index contributed by atoms with van der Waals surface area (Å²) in [5, 5.41) is 14.9. The Balaban J connectivity index is 0.00000336. The summed E-state index contributed by atoms with van der Waals surface area (Å²) in [5.41, 5.74) is 6.11. The highest BCUT2D eigenvalue weighted by atomic mass is 35.5. The lowest BCUT2D eigenvalue weighted by atomic mass is 9.72. The van der Waals surface area contributed by atoms with Gasteiger partial charge in [0, 0.05) is 17.3 Å². The highest BCUT2D eigenvalue weighted by Gasteiger charge is 2.28. The van der Waals surface area contributed by atoms with Crippen LogP contribution in [0, 0.1) is 18.7 Å². The van der Waals surface area contributed by atoms with Crippen molar-refractivity contribution in [1.82, 2.24) is 5.32 Å². The molecule has 0 fully saturated rings. The third kappa shape index (κ3) is 5.77. The van der Waals surface area contributed by atoms with Crippen molar-refractivity contribution in [2.24, 2.45) is 5.92 Å². The Bertz CT molecular complexity index is 1440. The van der Waals surface area contributed by atoms with E-state index in [1.807, 2.05) is 49.4 Å². The van der Waals surface area contributed by atoms with E-state index in [1.54, 1.807) is 6.07 Å². The molecule has 0 amide bonds. The topological polar surface area (TPSA) is 49.3 Å². The van der Waals surface area contributed by atoms with E-state index in [9.17, 15) is 14.3 Å². The Hall–Kier alpha value is -3.21. The van der Waals surface area contributed by atoms with Crippen molar-refractivity contribution in [3.8, 4) is 0 Å². The maximum absolute atomic E-state index is 14.2. The number of hydrogen-bond acceptors (Lipinski definition) is 2. The average molecular weight is 532 g/mol. The number of carboxylic acid groups (broad SMARTS) is 1. The molecule has 0 saturated carbocycles. The third-order valence-corrected chi connectivity index (χ3v) is 8.01. The molecule has 0 aliphatic heterocycles. The van der Waals surface area contributed by atoms with Gasteiger partial charge in [-0.2, -0.15) is 0 Å². The second-order valence-corrected chi connectivity index (χ2v) is 10.4. The SMILES string of the molecule is Cc1ccc(C2C[C@H](CCCN[C@H](C)c3ccc(F)c4ccccc34)Cc3ccccc32)cc1C(=O)O.Cl. The molecule has 0 bridgehead atoms. The van der Waals surface area contributed by atoms with E-state index in [2.05, 4.69) is 42.6 Å². The van der Waals surface area contributed by atoms with Crippen molar-refractivity contribution in [2.45, 2.75) is 51.5 Å². The first-order valence-electron chi connectivity index (χ1n) is 13.2. The van der Waals surface area contributed by atoms with Gasteiger partial charge < -0.3 is 10.4 Å². The molecule has 0 radical (unpaired) electrons. The Kier molecular flexibility index (Phi) is 8.86. The lowest BCUT2D eigenvalue weighted by Crippen LogP contribution is -2.23. The minimum atomic E-state index is -0.867. The molecule has 4 aromatic rings. The van der Waals surface area contributed by atoms with Gasteiger partial charge in [-0.25, -0.2) is 9.18 Å². The first-order valence-corrected chi connectivity index (χ1v) is 13.2. The number of halogens is 2. The van der Waals surface area contributed by atoms with Gasteiger partial charge in [-0.15, -0.1) is 12.4 Å². The minimum Gasteiger partial charge on any atom is -0.478 e. The summed E-state index contributed by atoms with van der Waals surface area (Å²) in [6.07, 6.45) is 4.24. The molecule has 3 nitrogen and oxygen atoms in total. The molecular weight excluding hydrogens is 497 g/mol. The zero-order chi connectivity index (χ0) is 25.9. The molecule has 198 valence electrons. The second-order valence-electron chi connectivity index (χ2n) is 10.4. The third-order valence-electron chi connectivity index (χ3n) is 8.01. The van der Waals surface area contributed by atoms with E-state index < -0.39 is 5.97 Å². The van der Waals surface area contributed by atoms with Gasteiger partial charge in [-0.05, 0) is 97.3 Å². The van der Waals surface area contributed by atoms with Crippen LogP contribution in [0.5, 0.6) is 0 Å². The van der Waals surface area contributed by atoms with Crippen molar-refractivity contribution in [3.05, 3.63) is 118 Å². The zero-order valence-electron chi connectivity index (χ0n) is 21.9. The number of aromatic carboxylic acids is 1. The number of hydrogen-bond donors (Lipinski definition) is 2. The summed E-state index contributed by atoms with van der Waals surface area (Å²) >= 11 is 0. The van der Waals surface area contributed by atoms with E-state index in [0.29, 0.717) is 16.9 Å². The lowest BCUT2D eigenvalue weighted by molar-refractivity contribution is 0.0696. The monoisotopic (exact) mass is 531 g/mol. The summed E-state index contributed by atoms with van der Waals surface area (Å²) in [6, 6.07) is 25.8. The summed E-state index contributed by atoms with van der Waals surface area (Å²) < 4.78 is 14.2. The van der Waals surface area contributed by atoms with Crippen molar-refractivity contribution in [2.75, 3.05) is 6.54 Å². The van der Waals surface area contributed by atoms with Gasteiger partial charge in [0.2, 0.25) is 0 Å². The standard InChI is InChI=1S/C33H34FNO2.ClH/c1-21-13-14-25(20-30(21)33(36)37)31-19-23(18-24-9-3-4-10-27(24)31)8-7-17-35-22(2)26-15-16-32(34)29-12-6-5-11-28(26)29;/h3-6,9-16,20,22-23,31,35H,7-8,17-19H2,1-2H3,(H,36,37);1H/t22-,23-,31?;/m1./s1. The number of nitrogens with one attached hydrogen (secondary N) is 1. The molecule has 4 aromatic carbocycles. The minimum absolute atomic E-state index is 0. The summed E-state index contributed by atoms with van der Waals surface area (Å²) in [6.45, 7) is 4.89. The molecule has 1 unspecified atom stereocenters. The predicted octanol–water partition coefficient (Wildman–Crippen LogP) is 8.23. The second kappa shape index (κ2) is 12.1. The van der Waals surface area contributed by atoms with Crippen LogP contribution in [0.15, 0.2) is 78.9 Å². The molecule has 1 aliphatic carbocycles. The number of fused-ring (bicyclic) bond motifs is 2. The fourth-order valence-corrected chi connectivity index (χ4v) is 6.02. The van der Waals surface area contributed by atoms with E-state index in [4.69, 9.17) is 0 Å². The van der Waals surface area contributed by atoms with Crippen LogP contribution < -0.4 is 5.32 Å². The first kappa shape index (κ1) is 27.8. The largest absolute Gasteiger partial charge is 0.478 e. The van der Waals surface area contributed by atoms with Gasteiger partial charge in [0.1, 0.15) is 5.82 Å². The van der Waals surface area contributed by atoms with Crippen LogP contribution in [0.4, 0.5) is 4.39 Å². The molecule has 5 heteroatoms. The van der Waals surface area contributed by atoms with E-state index >= 15 is 0 Å². The molecule has 1 aliphatic rings. The number of benzene rings is 4. The van der Waals surface area contributed by atoms with Gasteiger partial charge >= 0.3 is 5.97 Å². The van der Waals surface area contributed by atoms with E-state index in [0.717, 1.165) is 54.3 Å². The van der Waals surface area contributed by atoms with Crippen molar-refractivity contribution >= 4 is 29.1 Å². The molecular formula is C33H35ClFNO2. The van der Waals surface area contributed by atoms with Crippen molar-refractivity contribution in [3.63, 3.8) is 0 Å². The quantitative estimate of drug-likeness (QED) is 0.225. The Morgan fingerprint density at radius 2 is 1.76 bits per heavy atom. The maximum atomic E-state index is 14.2. The summed E-state index contributed by atoms with van der Waals surface area (Å²) in [7, 11) is 0. The predicted molar refractivity (Wildman–Crippen MR) is 155 cm³/mol. The Labute approximate surface area is 230 Å². The smallest absolute Gasteiger partial charge is 0.335 e. The number of rotatable bonds is 8. The summed E-state index contributed by atoms with van der Waals surface area (Å²) in [4.78, 5) is 11.8. The Morgan fingerprint density at radius 1 is 1.03 bits per heavy atom. The number of aryl methyl sites for hydroxylation is 1. The van der Waals surface area contributed by atoms with Crippen molar-refractivity contribution < 1.29 is 14.3 Å². The maximum Gasteiger partial charge on any atom is 0.335 e. The normalized spacial score (nSPS) is 17.4. The van der Waals surface area contributed by atoms with Gasteiger partial charge in [0.25, 0.3) is 0 Å². The number of carboxylic acids is 1. The van der Waals surface area contributed by atoms with Crippen LogP contribution >= 0.6 is 12.4 Å². The number of carbonyl (C=O) groups is 1. The van der Waals surface area contributed by atoms with Crippen LogP contribution in [0.1, 0.15) is 76.3 Å². The van der Waals surface area contributed by atoms with Crippen LogP contribution in [0.3, 0.4) is 0 Å². The fourth-order valence-electron chi connectivity index (χ4n) is 6.02. The first-order chi connectivity index (χ1) is 17.9. The lowest BCUT2D eigenvalue weighted by Gasteiger charge is -2.32. The van der Waals surface area contributed by atoms with E-state index in [1.165, 1.54) is 11.1 Å². The van der Waals surface area contributed by atoms with Gasteiger partial charge in [0.05, 0.1) is 5.56 Å². The van der Waals surface area contributed by atoms with Crippen molar-refractivity contribution in [1.29, 1.82) is 0 Å². The van der Waals surface area contributed by atoms with Crippen LogP contribution in [-0.4, -0.2) is 17.6 Å². The molecule has 0 heterocycles. The molecule has 0 saturated heterocycles. The highest BCUT2D eigenvalue weighted by molar-refractivity contribution is 5.89. The zero-order valence-corrected chi connectivity index (χ0v) is 22.7. The molecule has 38 heavy (non-hydrogen) atoms. The molecule has 5 rings (SSSR count). The average Bonchev–Trinajstić information content (AvgIpc) is 2.91. The van der Waals surface area contributed by atoms with Crippen LogP contribution in [0.25, 0.3) is 10.8 Å². The Morgan fingerprint density at radius 3 is 2.55 bits per heavy atom. The van der Waals surface area contributed by atoms with Gasteiger partial charge in [0.15, 0.2) is 0 Å². The molecule has 2 N–H and O–H groups in total.